The molecule has 40 heavy (non-hydrogen) atoms. The molecular weight excluding hydrogens is 524 g/mol. The maximum absolute atomic E-state index is 12.8. The van der Waals surface area contributed by atoms with Gasteiger partial charge in [0.2, 0.25) is 5.95 Å². The van der Waals surface area contributed by atoms with E-state index in [1.165, 1.54) is 18.4 Å². The highest BCUT2D eigenvalue weighted by Crippen LogP contribution is 2.42. The first-order valence-corrected chi connectivity index (χ1v) is 14.5. The molecule has 4 heterocycles. The van der Waals surface area contributed by atoms with Crippen molar-refractivity contribution in [1.29, 1.82) is 0 Å². The number of aromatic nitrogens is 4. The Bertz CT molecular complexity index is 1540. The number of nitrogens with one attached hydrogen (secondary N) is 1. The van der Waals surface area contributed by atoms with Crippen LogP contribution in [0.15, 0.2) is 36.5 Å². The molecule has 0 atom stereocenters. The SMILES string of the molecule is Cc1cc(Nc2cc3nc(-c4cc(C(=O)N(C)C)cc(C5CC5)c4)sc3cn2)nc(N2CCN(CCO)CC2)n1. The lowest BCUT2D eigenvalue weighted by atomic mass is 10.0. The van der Waals surface area contributed by atoms with Gasteiger partial charge in [0.15, 0.2) is 0 Å². The lowest BCUT2D eigenvalue weighted by Gasteiger charge is -2.34. The molecule has 0 unspecified atom stereocenters. The molecule has 1 saturated heterocycles. The first-order valence-electron chi connectivity index (χ1n) is 13.7. The van der Waals surface area contributed by atoms with Crippen molar-refractivity contribution in [3.63, 3.8) is 0 Å². The number of aliphatic hydroxyl groups is 1. The van der Waals surface area contributed by atoms with Crippen LogP contribution >= 0.6 is 11.3 Å². The van der Waals surface area contributed by atoms with Crippen molar-refractivity contribution in [2.24, 2.45) is 0 Å². The molecule has 1 amide bonds. The van der Waals surface area contributed by atoms with Gasteiger partial charge in [-0.05, 0) is 49.4 Å². The summed E-state index contributed by atoms with van der Waals surface area (Å²) in [6.07, 6.45) is 4.18. The number of amides is 1. The molecule has 1 aliphatic heterocycles. The van der Waals surface area contributed by atoms with Gasteiger partial charge in [-0.1, -0.05) is 0 Å². The molecule has 2 N–H and O–H groups in total. The van der Waals surface area contributed by atoms with Crippen LogP contribution < -0.4 is 10.2 Å². The van der Waals surface area contributed by atoms with E-state index in [-0.39, 0.29) is 12.5 Å². The van der Waals surface area contributed by atoms with Gasteiger partial charge in [-0.25, -0.2) is 15.0 Å². The van der Waals surface area contributed by atoms with Gasteiger partial charge < -0.3 is 20.2 Å². The van der Waals surface area contributed by atoms with Crippen molar-refractivity contribution >= 4 is 45.0 Å². The van der Waals surface area contributed by atoms with Crippen LogP contribution in [-0.4, -0.2) is 94.2 Å². The third-order valence-corrected chi connectivity index (χ3v) is 8.40. The van der Waals surface area contributed by atoms with E-state index in [2.05, 4.69) is 31.2 Å². The Kier molecular flexibility index (Phi) is 7.35. The molecule has 1 saturated carbocycles. The number of aryl methyl sites for hydroxylation is 1. The van der Waals surface area contributed by atoms with Crippen LogP contribution in [0.2, 0.25) is 0 Å². The summed E-state index contributed by atoms with van der Waals surface area (Å²) in [5, 5.41) is 13.4. The van der Waals surface area contributed by atoms with Crippen LogP contribution in [0.3, 0.4) is 0 Å². The summed E-state index contributed by atoms with van der Waals surface area (Å²) >= 11 is 1.58. The van der Waals surface area contributed by atoms with Crippen LogP contribution in [0.4, 0.5) is 17.6 Å². The number of fused-ring (bicyclic) bond motifs is 1. The van der Waals surface area contributed by atoms with Crippen molar-refractivity contribution in [3.8, 4) is 10.6 Å². The van der Waals surface area contributed by atoms with Gasteiger partial charge in [-0.15, -0.1) is 11.3 Å². The van der Waals surface area contributed by atoms with Gasteiger partial charge in [0.05, 0.1) is 16.8 Å². The molecule has 1 aliphatic carbocycles. The van der Waals surface area contributed by atoms with Crippen molar-refractivity contribution in [1.82, 2.24) is 29.7 Å². The van der Waals surface area contributed by atoms with E-state index in [0.29, 0.717) is 35.6 Å². The molecule has 0 radical (unpaired) electrons. The van der Waals surface area contributed by atoms with Crippen LogP contribution in [0.5, 0.6) is 0 Å². The average molecular weight is 559 g/mol. The van der Waals surface area contributed by atoms with Crippen molar-refractivity contribution in [2.45, 2.75) is 25.7 Å². The minimum atomic E-state index is 0.00423. The fraction of sp³-hybridized carbons (Fsp3) is 0.414. The number of anilines is 3. The number of pyridine rings is 1. The van der Waals surface area contributed by atoms with Crippen LogP contribution in [0, 0.1) is 6.92 Å². The van der Waals surface area contributed by atoms with Gasteiger partial charge in [0, 0.05) is 82.0 Å². The number of rotatable bonds is 8. The molecule has 11 heteroatoms. The summed E-state index contributed by atoms with van der Waals surface area (Å²) in [7, 11) is 3.57. The Morgan fingerprint density at radius 1 is 1.05 bits per heavy atom. The minimum Gasteiger partial charge on any atom is -0.395 e. The van der Waals surface area contributed by atoms with Gasteiger partial charge in [-0.3, -0.25) is 9.69 Å². The maximum atomic E-state index is 12.8. The number of thiazole rings is 1. The van der Waals surface area contributed by atoms with Gasteiger partial charge >= 0.3 is 0 Å². The smallest absolute Gasteiger partial charge is 0.253 e. The van der Waals surface area contributed by atoms with Crippen molar-refractivity contribution < 1.29 is 9.90 Å². The summed E-state index contributed by atoms with van der Waals surface area (Å²) in [6, 6.07) is 10.0. The highest BCUT2D eigenvalue weighted by atomic mass is 32.1. The first kappa shape index (κ1) is 26.5. The van der Waals surface area contributed by atoms with E-state index in [4.69, 9.17) is 9.97 Å². The summed E-state index contributed by atoms with van der Waals surface area (Å²) in [4.78, 5) is 37.8. The number of benzene rings is 1. The molecule has 4 aromatic rings. The molecule has 6 rings (SSSR count). The molecule has 2 aliphatic rings. The number of aliphatic hydroxyl groups excluding tert-OH is 1. The molecule has 208 valence electrons. The largest absolute Gasteiger partial charge is 0.395 e. The van der Waals surface area contributed by atoms with Crippen LogP contribution in [0.25, 0.3) is 20.8 Å². The number of carbonyl (C=O) groups is 1. The summed E-state index contributed by atoms with van der Waals surface area (Å²) in [6.45, 7) is 6.22. The van der Waals surface area contributed by atoms with Crippen LogP contribution in [0.1, 0.15) is 40.4 Å². The number of hydrogen-bond acceptors (Lipinski definition) is 10. The van der Waals surface area contributed by atoms with E-state index >= 15 is 0 Å². The second-order valence-electron chi connectivity index (χ2n) is 10.7. The predicted molar refractivity (Wildman–Crippen MR) is 159 cm³/mol. The zero-order valence-corrected chi connectivity index (χ0v) is 23.9. The standard InChI is InChI=1S/C29H34N8O2S/c1-18-12-26(34-29(31-18)37-8-6-36(7-9-37)10-11-38)33-25-16-23-24(17-30-25)40-27(32-23)21-13-20(19-4-5-19)14-22(15-21)28(39)35(2)3/h12-17,19,38H,4-11H2,1-3H3,(H,30,31,33,34). The number of nitrogens with zero attached hydrogens (tertiary/aromatic N) is 7. The Morgan fingerprint density at radius 3 is 2.58 bits per heavy atom. The summed E-state index contributed by atoms with van der Waals surface area (Å²) in [5.41, 5.74) is 4.61. The zero-order valence-electron chi connectivity index (χ0n) is 23.1. The Hall–Kier alpha value is -3.67. The van der Waals surface area contributed by atoms with Crippen LogP contribution in [-0.2, 0) is 0 Å². The molecular formula is C29H34N8O2S. The Morgan fingerprint density at radius 2 is 1.85 bits per heavy atom. The topological polar surface area (TPSA) is 111 Å². The van der Waals surface area contributed by atoms with E-state index in [0.717, 1.165) is 52.7 Å². The Labute approximate surface area is 237 Å². The number of hydrogen-bond donors (Lipinski definition) is 2. The summed E-state index contributed by atoms with van der Waals surface area (Å²) in [5.74, 6) is 2.58. The van der Waals surface area contributed by atoms with E-state index in [1.807, 2.05) is 37.4 Å². The van der Waals surface area contributed by atoms with Gasteiger partial charge in [-0.2, -0.15) is 4.98 Å². The first-order chi connectivity index (χ1) is 19.4. The monoisotopic (exact) mass is 558 g/mol. The molecule has 0 bridgehead atoms. The molecule has 0 spiro atoms. The third kappa shape index (κ3) is 5.77. The fourth-order valence-corrected chi connectivity index (χ4v) is 5.94. The molecule has 1 aromatic carbocycles. The highest BCUT2D eigenvalue weighted by molar-refractivity contribution is 7.21. The fourth-order valence-electron chi connectivity index (χ4n) is 5.04. The van der Waals surface area contributed by atoms with E-state index < -0.39 is 0 Å². The lowest BCUT2D eigenvalue weighted by molar-refractivity contribution is 0.0827. The third-order valence-electron chi connectivity index (χ3n) is 7.35. The van der Waals surface area contributed by atoms with Gasteiger partial charge in [0.1, 0.15) is 16.6 Å². The maximum Gasteiger partial charge on any atom is 0.253 e. The van der Waals surface area contributed by atoms with Crippen molar-refractivity contribution in [2.75, 3.05) is 63.6 Å². The highest BCUT2D eigenvalue weighted by Gasteiger charge is 2.26. The number of piperazine rings is 1. The van der Waals surface area contributed by atoms with Gasteiger partial charge in [0.25, 0.3) is 5.91 Å². The normalized spacial score (nSPS) is 15.9. The predicted octanol–water partition coefficient (Wildman–Crippen LogP) is 3.89. The number of carbonyl (C=O) groups excluding carboxylic acids is 1. The Balaban J connectivity index is 1.24. The van der Waals surface area contributed by atoms with E-state index in [9.17, 15) is 9.90 Å². The second kappa shape index (κ2) is 11.1. The second-order valence-corrected chi connectivity index (χ2v) is 11.8. The molecule has 3 aromatic heterocycles. The van der Waals surface area contributed by atoms with E-state index in [1.54, 1.807) is 30.3 Å². The number of β-amino-alcohol motifs (C(OH)–C–C–N with tert-alkyl or cyclic N) is 1. The average Bonchev–Trinajstić information content (AvgIpc) is 3.71. The van der Waals surface area contributed by atoms with Crippen molar-refractivity contribution in [3.05, 3.63) is 53.3 Å². The molecule has 2 fully saturated rings. The lowest BCUT2D eigenvalue weighted by Crippen LogP contribution is -2.47. The molecule has 10 nitrogen and oxygen atoms in total. The quantitative estimate of drug-likeness (QED) is 0.333. The minimum absolute atomic E-state index is 0.00423. The summed E-state index contributed by atoms with van der Waals surface area (Å²) < 4.78 is 0.984. The zero-order chi connectivity index (χ0) is 27.8.